The first-order valence-corrected chi connectivity index (χ1v) is 17.9. The van der Waals surface area contributed by atoms with Crippen LogP contribution in [0.2, 0.25) is 0 Å². The maximum atomic E-state index is 13.1. The predicted molar refractivity (Wildman–Crippen MR) is 203 cm³/mol. The number of anilines is 1. The van der Waals surface area contributed by atoms with Gasteiger partial charge in [0, 0.05) is 71.8 Å². The van der Waals surface area contributed by atoms with Gasteiger partial charge in [-0.15, -0.1) is 0 Å². The van der Waals surface area contributed by atoms with Crippen LogP contribution >= 0.6 is 0 Å². The lowest BCUT2D eigenvalue weighted by Crippen LogP contribution is -2.33. The summed E-state index contributed by atoms with van der Waals surface area (Å²) in [6, 6.07) is 28.4. The summed E-state index contributed by atoms with van der Waals surface area (Å²) in [5, 5.41) is 3.08. The number of hydrogen-bond acceptors (Lipinski definition) is 6. The summed E-state index contributed by atoms with van der Waals surface area (Å²) in [6.45, 7) is 15.3. The number of ether oxygens (including phenoxy) is 2. The van der Waals surface area contributed by atoms with Crippen LogP contribution in [0.4, 0.5) is 5.69 Å². The lowest BCUT2D eigenvalue weighted by molar-refractivity contribution is 0.0952. The van der Waals surface area contributed by atoms with E-state index in [1.807, 2.05) is 29.8 Å². The molecule has 1 amide bonds. The summed E-state index contributed by atoms with van der Waals surface area (Å²) < 4.78 is 14.2. The van der Waals surface area contributed by atoms with Gasteiger partial charge in [-0.05, 0) is 90.7 Å². The Balaban J connectivity index is 1.08. The van der Waals surface area contributed by atoms with Gasteiger partial charge >= 0.3 is 0 Å². The zero-order chi connectivity index (χ0) is 35.8. The fourth-order valence-electron chi connectivity index (χ4n) is 7.24. The predicted octanol–water partition coefficient (Wildman–Crippen LogP) is 7.80. The molecule has 1 aromatic heterocycles. The number of hydrogen-bond donors (Lipinski definition) is 1. The number of imidazole rings is 1. The number of carbonyl (C=O) groups is 1. The Morgan fingerprint density at radius 3 is 2.12 bits per heavy atom. The number of carbonyl (C=O) groups excluding carboxylic acids is 1. The molecule has 0 fully saturated rings. The second-order valence-corrected chi connectivity index (χ2v) is 15.2. The molecule has 0 saturated heterocycles. The number of nitrogens with one attached hydrogen (secondary N) is 1. The minimum Gasteiger partial charge on any atom is -0.478 e. The van der Waals surface area contributed by atoms with E-state index in [4.69, 9.17) is 9.47 Å². The summed E-state index contributed by atoms with van der Waals surface area (Å²) in [5.41, 5.74) is 9.67. The van der Waals surface area contributed by atoms with E-state index in [-0.39, 0.29) is 16.7 Å². The molecule has 0 atom stereocenters. The largest absolute Gasteiger partial charge is 0.478 e. The molecular weight excluding hydrogens is 635 g/mol. The number of fused-ring (bicyclic) bond motifs is 2. The Kier molecular flexibility index (Phi) is 9.38. The number of aryl methyl sites for hydroxylation is 2. The molecule has 0 saturated carbocycles. The fraction of sp³-hybridized carbons (Fsp3) is 0.349. The quantitative estimate of drug-likeness (QED) is 0.152. The summed E-state index contributed by atoms with van der Waals surface area (Å²) >= 11 is 0. The van der Waals surface area contributed by atoms with E-state index in [1.54, 1.807) is 12.5 Å². The molecule has 0 radical (unpaired) electrons. The van der Waals surface area contributed by atoms with Crippen molar-refractivity contribution in [3.05, 3.63) is 142 Å². The third-order valence-electron chi connectivity index (χ3n) is 10.6. The number of nitrogens with zero attached hydrogens (tertiary/aromatic N) is 4. The highest BCUT2D eigenvalue weighted by atomic mass is 16.5. The van der Waals surface area contributed by atoms with Gasteiger partial charge in [0.25, 0.3) is 5.91 Å². The number of rotatable bonds is 10. The van der Waals surface area contributed by atoms with Gasteiger partial charge in [-0.1, -0.05) is 64.1 Å². The molecule has 3 heterocycles. The van der Waals surface area contributed by atoms with Crippen LogP contribution in [0.5, 0.6) is 11.5 Å². The van der Waals surface area contributed by atoms with Crippen LogP contribution in [-0.4, -0.2) is 47.4 Å². The second kappa shape index (κ2) is 13.9. The van der Waals surface area contributed by atoms with E-state index in [0.717, 1.165) is 47.8 Å². The Morgan fingerprint density at radius 1 is 0.804 bits per heavy atom. The van der Waals surface area contributed by atoms with Crippen LogP contribution in [0, 0.1) is 6.92 Å². The topological polar surface area (TPSA) is 71.9 Å². The van der Waals surface area contributed by atoms with Crippen LogP contribution in [0.1, 0.15) is 83.4 Å². The van der Waals surface area contributed by atoms with Crippen molar-refractivity contribution in [2.24, 2.45) is 0 Å². The molecule has 0 spiro atoms. The lowest BCUT2D eigenvalue weighted by atomic mass is 9.73. The molecule has 8 heteroatoms. The molecule has 0 unspecified atom stereocenters. The zero-order valence-electron chi connectivity index (χ0n) is 30.7. The van der Waals surface area contributed by atoms with Gasteiger partial charge in [0.05, 0.1) is 6.33 Å². The fourth-order valence-corrected chi connectivity index (χ4v) is 7.24. The van der Waals surface area contributed by atoms with Crippen LogP contribution in [0.25, 0.3) is 0 Å². The Hall–Kier alpha value is -5.08. The van der Waals surface area contributed by atoms with E-state index in [1.165, 1.54) is 27.8 Å². The highest BCUT2D eigenvalue weighted by Gasteiger charge is 2.30. The molecule has 8 nitrogen and oxygen atoms in total. The minimum absolute atomic E-state index is 0.0633. The second-order valence-electron chi connectivity index (χ2n) is 15.2. The van der Waals surface area contributed by atoms with Crippen LogP contribution < -0.4 is 19.7 Å². The van der Waals surface area contributed by atoms with E-state index >= 15 is 0 Å². The van der Waals surface area contributed by atoms with Crippen LogP contribution in [-0.2, 0) is 30.5 Å². The van der Waals surface area contributed by atoms with Crippen molar-refractivity contribution in [2.75, 3.05) is 32.0 Å². The normalized spacial score (nSPS) is 14.7. The molecule has 2 aliphatic heterocycles. The monoisotopic (exact) mass is 683 g/mol. The van der Waals surface area contributed by atoms with Crippen molar-refractivity contribution in [3.8, 4) is 11.5 Å². The van der Waals surface area contributed by atoms with Crippen molar-refractivity contribution in [3.63, 3.8) is 0 Å². The van der Waals surface area contributed by atoms with Crippen molar-refractivity contribution < 1.29 is 14.3 Å². The third-order valence-corrected chi connectivity index (χ3v) is 10.6. The van der Waals surface area contributed by atoms with Gasteiger partial charge in [0.2, 0.25) is 0 Å². The van der Waals surface area contributed by atoms with E-state index in [9.17, 15) is 4.79 Å². The summed E-state index contributed by atoms with van der Waals surface area (Å²) in [5.74, 6) is 1.83. The summed E-state index contributed by atoms with van der Waals surface area (Å²) in [6.07, 6.45) is 6.33. The average Bonchev–Trinajstić information content (AvgIpc) is 3.66. The van der Waals surface area contributed by atoms with Crippen molar-refractivity contribution in [1.29, 1.82) is 0 Å². The van der Waals surface area contributed by atoms with Crippen molar-refractivity contribution in [1.82, 2.24) is 19.8 Å². The molecule has 7 rings (SSSR count). The maximum Gasteiger partial charge on any atom is 0.251 e. The molecule has 1 N–H and O–H groups in total. The van der Waals surface area contributed by atoms with Gasteiger partial charge < -0.3 is 24.3 Å². The summed E-state index contributed by atoms with van der Waals surface area (Å²) in [4.78, 5) is 21.6. The SMILES string of the molecule is Cc1cc(C(=O)NCCCn2ccnc2)cc(N2COc3ccc(C(C)(C)c4cccc(C(C)(C)c5ccc6c(c5)CN(C)CO6)c4)cc3C2)c1. The number of benzene rings is 4. The van der Waals surface area contributed by atoms with E-state index in [2.05, 4.69) is 122 Å². The first-order valence-electron chi connectivity index (χ1n) is 17.9. The standard InChI is InChI=1S/C43H49N5O3/c1-30-19-31(41(49)45-15-8-17-47-18-16-44-27-47)23-38(20-30)48-26-33-22-37(12-14-40(33)51-29-48)43(4,5)35-10-7-9-34(24-35)42(2,3)36-11-13-39-32(21-36)25-46(6)28-50-39/h7,9-14,16,18-24,27H,8,15,17,25-26,28-29H2,1-6H3,(H,45,49). The van der Waals surface area contributed by atoms with Gasteiger partial charge in [-0.25, -0.2) is 4.98 Å². The molecule has 5 aromatic rings. The Morgan fingerprint density at radius 2 is 1.45 bits per heavy atom. The number of aromatic nitrogens is 2. The Labute approximate surface area is 302 Å². The third kappa shape index (κ3) is 7.24. The zero-order valence-corrected chi connectivity index (χ0v) is 30.7. The lowest BCUT2D eigenvalue weighted by Gasteiger charge is -2.34. The average molecular weight is 684 g/mol. The molecule has 4 aromatic carbocycles. The van der Waals surface area contributed by atoms with Gasteiger partial charge in [0.1, 0.15) is 18.2 Å². The summed E-state index contributed by atoms with van der Waals surface area (Å²) in [7, 11) is 2.09. The van der Waals surface area contributed by atoms with Gasteiger partial charge in [-0.3, -0.25) is 9.69 Å². The maximum absolute atomic E-state index is 13.1. The molecule has 2 aliphatic rings. The molecule has 0 aliphatic carbocycles. The van der Waals surface area contributed by atoms with Crippen molar-refractivity contribution >= 4 is 11.6 Å². The van der Waals surface area contributed by atoms with Crippen molar-refractivity contribution in [2.45, 2.75) is 71.5 Å². The highest BCUT2D eigenvalue weighted by Crippen LogP contribution is 2.40. The number of amides is 1. The van der Waals surface area contributed by atoms with E-state index < -0.39 is 0 Å². The Bertz CT molecular complexity index is 2030. The molecule has 264 valence electrons. The molecule has 0 bridgehead atoms. The van der Waals surface area contributed by atoms with Gasteiger partial charge in [-0.2, -0.15) is 0 Å². The first-order chi connectivity index (χ1) is 24.5. The van der Waals surface area contributed by atoms with Gasteiger partial charge in [0.15, 0.2) is 6.73 Å². The molecule has 51 heavy (non-hydrogen) atoms. The minimum atomic E-state index is -0.248. The smallest absolute Gasteiger partial charge is 0.251 e. The molecular formula is C43H49N5O3. The van der Waals surface area contributed by atoms with Crippen LogP contribution in [0.15, 0.2) is 97.6 Å². The van der Waals surface area contributed by atoms with E-state index in [0.29, 0.717) is 32.1 Å². The van der Waals surface area contributed by atoms with Crippen LogP contribution in [0.3, 0.4) is 0 Å². The first kappa shape index (κ1) is 34.4. The highest BCUT2D eigenvalue weighted by molar-refractivity contribution is 5.95.